The number of ether oxygens (including phenoxy) is 1. The number of para-hydroxylation sites is 2. The van der Waals surface area contributed by atoms with Gasteiger partial charge < -0.3 is 4.74 Å². The summed E-state index contributed by atoms with van der Waals surface area (Å²) in [6.07, 6.45) is 1.49. The van der Waals surface area contributed by atoms with Crippen molar-refractivity contribution in [3.63, 3.8) is 0 Å². The van der Waals surface area contributed by atoms with E-state index in [4.69, 9.17) is 16.3 Å². The van der Waals surface area contributed by atoms with Crippen LogP contribution in [0.15, 0.2) is 59.0 Å². The maximum absolute atomic E-state index is 12.8. The summed E-state index contributed by atoms with van der Waals surface area (Å²) in [5.41, 5.74) is 1.62. The summed E-state index contributed by atoms with van der Waals surface area (Å²) in [4.78, 5) is 35.6. The molecule has 0 saturated carbocycles. The Labute approximate surface area is 181 Å². The van der Waals surface area contributed by atoms with E-state index in [0.717, 1.165) is 0 Å². The molecule has 0 aliphatic rings. The van der Waals surface area contributed by atoms with E-state index in [0.29, 0.717) is 38.2 Å². The van der Waals surface area contributed by atoms with Gasteiger partial charge in [0.15, 0.2) is 5.13 Å². The molecule has 7 nitrogen and oxygen atoms in total. The van der Waals surface area contributed by atoms with Crippen molar-refractivity contribution < 1.29 is 9.53 Å². The second-order valence-electron chi connectivity index (χ2n) is 6.49. The highest BCUT2D eigenvalue weighted by atomic mass is 35.5. The zero-order valence-corrected chi connectivity index (χ0v) is 17.8. The molecule has 0 saturated heterocycles. The largest absolute Gasteiger partial charge is 0.495 e. The average molecular weight is 441 g/mol. The van der Waals surface area contributed by atoms with Gasteiger partial charge in [0.25, 0.3) is 5.56 Å². The lowest BCUT2D eigenvalue weighted by Crippen LogP contribution is -2.24. The van der Waals surface area contributed by atoms with Crippen molar-refractivity contribution in [1.82, 2.24) is 14.5 Å². The van der Waals surface area contributed by atoms with E-state index in [1.165, 1.54) is 34.1 Å². The molecular weight excluding hydrogens is 424 g/mol. The fraction of sp³-hybridized carbons (Fsp3) is 0.143. The molecule has 152 valence electrons. The zero-order chi connectivity index (χ0) is 21.3. The molecule has 4 aromatic rings. The summed E-state index contributed by atoms with van der Waals surface area (Å²) in [6, 6.07) is 12.2. The molecular formula is C21H17ClN4O3S. The molecule has 0 atom stereocenters. The quantitative estimate of drug-likeness (QED) is 0.463. The van der Waals surface area contributed by atoms with Crippen LogP contribution >= 0.6 is 22.9 Å². The molecule has 0 fully saturated rings. The van der Waals surface area contributed by atoms with Crippen LogP contribution in [-0.2, 0) is 11.3 Å². The van der Waals surface area contributed by atoms with Crippen LogP contribution in [0.4, 0.5) is 10.8 Å². The van der Waals surface area contributed by atoms with Gasteiger partial charge in [-0.1, -0.05) is 23.7 Å². The van der Waals surface area contributed by atoms with Crippen LogP contribution in [0, 0.1) is 0 Å². The average Bonchev–Trinajstić information content (AvgIpc) is 3.18. The minimum absolute atomic E-state index is 0.195. The number of carbonyl (C=O) groups is 1. The number of fused-ring (bicyclic) bond motifs is 1. The van der Waals surface area contributed by atoms with Gasteiger partial charge in [0.1, 0.15) is 5.75 Å². The minimum atomic E-state index is -0.204. The number of rotatable bonds is 5. The second kappa shape index (κ2) is 8.25. The summed E-state index contributed by atoms with van der Waals surface area (Å²) < 4.78 is 6.86. The molecule has 0 aliphatic heterocycles. The monoisotopic (exact) mass is 440 g/mol. The molecule has 0 aliphatic carbocycles. The summed E-state index contributed by atoms with van der Waals surface area (Å²) in [6.45, 7) is 1.69. The number of thiazole rings is 1. The standard InChI is InChI=1S/C21H17ClN4O3S/c1-13(27)26(18-5-3-4-6-19(18)29-2)21-24-15(11-30-21)10-25-12-23-17-8-7-14(22)9-16(17)20(25)28/h3-9,11-12H,10H2,1-2H3. The summed E-state index contributed by atoms with van der Waals surface area (Å²) in [7, 11) is 1.55. The smallest absolute Gasteiger partial charge is 0.261 e. The van der Waals surface area contributed by atoms with E-state index >= 15 is 0 Å². The second-order valence-corrected chi connectivity index (χ2v) is 7.76. The van der Waals surface area contributed by atoms with Crippen LogP contribution in [-0.4, -0.2) is 27.6 Å². The van der Waals surface area contributed by atoms with Crippen molar-refractivity contribution in [3.8, 4) is 5.75 Å². The number of anilines is 2. The molecule has 0 spiro atoms. The highest BCUT2D eigenvalue weighted by Crippen LogP contribution is 2.35. The fourth-order valence-corrected chi connectivity index (χ4v) is 4.15. The van der Waals surface area contributed by atoms with Crippen LogP contribution in [0.25, 0.3) is 10.9 Å². The van der Waals surface area contributed by atoms with E-state index in [1.807, 2.05) is 17.5 Å². The van der Waals surface area contributed by atoms with Crippen molar-refractivity contribution in [2.75, 3.05) is 12.0 Å². The van der Waals surface area contributed by atoms with Crippen LogP contribution < -0.4 is 15.2 Å². The molecule has 4 rings (SSSR count). The number of methoxy groups -OCH3 is 1. The van der Waals surface area contributed by atoms with Crippen LogP contribution in [0.5, 0.6) is 5.75 Å². The highest BCUT2D eigenvalue weighted by Gasteiger charge is 2.21. The molecule has 2 aromatic heterocycles. The van der Waals surface area contributed by atoms with Crippen LogP contribution in [0.1, 0.15) is 12.6 Å². The third-order valence-electron chi connectivity index (χ3n) is 4.49. The molecule has 2 heterocycles. The molecule has 30 heavy (non-hydrogen) atoms. The Balaban J connectivity index is 1.68. The number of benzene rings is 2. The molecule has 0 bridgehead atoms. The predicted molar refractivity (Wildman–Crippen MR) is 118 cm³/mol. The van der Waals surface area contributed by atoms with Gasteiger partial charge in [0, 0.05) is 17.3 Å². The lowest BCUT2D eigenvalue weighted by Gasteiger charge is -2.20. The van der Waals surface area contributed by atoms with Crippen molar-refractivity contribution in [2.24, 2.45) is 0 Å². The zero-order valence-electron chi connectivity index (χ0n) is 16.2. The maximum atomic E-state index is 12.8. The van der Waals surface area contributed by atoms with E-state index in [1.54, 1.807) is 37.4 Å². The third kappa shape index (κ3) is 3.79. The number of hydrogen-bond acceptors (Lipinski definition) is 6. The first-order chi connectivity index (χ1) is 14.5. The first kappa shape index (κ1) is 20.1. The van der Waals surface area contributed by atoms with Gasteiger partial charge >= 0.3 is 0 Å². The summed E-state index contributed by atoms with van der Waals surface area (Å²) in [5, 5.41) is 3.23. The highest BCUT2D eigenvalue weighted by molar-refractivity contribution is 7.14. The van der Waals surface area contributed by atoms with Gasteiger partial charge in [0.05, 0.1) is 42.3 Å². The van der Waals surface area contributed by atoms with Crippen molar-refractivity contribution in [3.05, 3.63) is 75.2 Å². The van der Waals surface area contributed by atoms with Crippen LogP contribution in [0.3, 0.4) is 0 Å². The number of hydrogen-bond donors (Lipinski definition) is 0. The minimum Gasteiger partial charge on any atom is -0.495 e. The van der Waals surface area contributed by atoms with Gasteiger partial charge in [-0.3, -0.25) is 19.1 Å². The third-order valence-corrected chi connectivity index (χ3v) is 5.60. The van der Waals surface area contributed by atoms with Crippen LogP contribution in [0.2, 0.25) is 5.02 Å². The van der Waals surface area contributed by atoms with E-state index < -0.39 is 0 Å². The molecule has 2 aromatic carbocycles. The van der Waals surface area contributed by atoms with Gasteiger partial charge in [0.2, 0.25) is 5.91 Å². The predicted octanol–water partition coefficient (Wildman–Crippen LogP) is 4.25. The Bertz CT molecular complexity index is 1300. The number of aromatic nitrogens is 3. The van der Waals surface area contributed by atoms with E-state index in [-0.39, 0.29) is 18.0 Å². The van der Waals surface area contributed by atoms with Gasteiger partial charge in [-0.05, 0) is 30.3 Å². The molecule has 0 unspecified atom stereocenters. The number of carbonyl (C=O) groups excluding carboxylic acids is 1. The Morgan fingerprint density at radius 2 is 2.07 bits per heavy atom. The van der Waals surface area contributed by atoms with Crippen molar-refractivity contribution in [2.45, 2.75) is 13.5 Å². The molecule has 0 radical (unpaired) electrons. The van der Waals surface area contributed by atoms with Gasteiger partial charge in [-0.2, -0.15) is 0 Å². The number of nitrogens with zero attached hydrogens (tertiary/aromatic N) is 4. The summed E-state index contributed by atoms with van der Waals surface area (Å²) in [5.74, 6) is 0.371. The Hall–Kier alpha value is -3.23. The van der Waals surface area contributed by atoms with E-state index in [2.05, 4.69) is 9.97 Å². The van der Waals surface area contributed by atoms with Crippen molar-refractivity contribution >= 4 is 50.6 Å². The van der Waals surface area contributed by atoms with Gasteiger partial charge in [-0.15, -0.1) is 11.3 Å². The molecule has 0 N–H and O–H groups in total. The SMILES string of the molecule is COc1ccccc1N(C(C)=O)c1nc(Cn2cnc3ccc(Cl)cc3c2=O)cs1. The number of amides is 1. The lowest BCUT2D eigenvalue weighted by molar-refractivity contribution is -0.115. The molecule has 9 heteroatoms. The first-order valence-electron chi connectivity index (χ1n) is 9.00. The Kier molecular flexibility index (Phi) is 5.52. The Morgan fingerprint density at radius 1 is 1.27 bits per heavy atom. The lowest BCUT2D eigenvalue weighted by atomic mass is 10.2. The van der Waals surface area contributed by atoms with Gasteiger partial charge in [-0.25, -0.2) is 9.97 Å². The number of halogens is 1. The summed E-state index contributed by atoms with van der Waals surface area (Å²) >= 11 is 7.33. The first-order valence-corrected chi connectivity index (χ1v) is 10.3. The van der Waals surface area contributed by atoms with Crippen molar-refractivity contribution in [1.29, 1.82) is 0 Å². The normalized spacial score (nSPS) is 10.9. The fourth-order valence-electron chi connectivity index (χ4n) is 3.11. The molecule has 1 amide bonds. The van der Waals surface area contributed by atoms with E-state index in [9.17, 15) is 9.59 Å². The topological polar surface area (TPSA) is 77.3 Å². The Morgan fingerprint density at radius 3 is 2.83 bits per heavy atom. The maximum Gasteiger partial charge on any atom is 0.261 e.